The summed E-state index contributed by atoms with van der Waals surface area (Å²) in [7, 11) is 0. The summed E-state index contributed by atoms with van der Waals surface area (Å²) in [6, 6.07) is 3.57. The molecule has 0 radical (unpaired) electrons. The van der Waals surface area contributed by atoms with Gasteiger partial charge in [0, 0.05) is 13.2 Å². The van der Waals surface area contributed by atoms with Crippen LogP contribution in [-0.4, -0.2) is 28.9 Å². The van der Waals surface area contributed by atoms with Gasteiger partial charge >= 0.3 is 6.18 Å². The molecule has 1 aromatic rings. The highest BCUT2D eigenvalue weighted by molar-refractivity contribution is 5.35. The van der Waals surface area contributed by atoms with E-state index in [1.165, 1.54) is 10.9 Å². The number of rotatable bonds is 5. The van der Waals surface area contributed by atoms with Crippen molar-refractivity contribution in [2.24, 2.45) is 0 Å². The molecule has 0 aliphatic carbocycles. The number of imidazole rings is 1. The number of aryl methyl sites for hydroxylation is 1. The van der Waals surface area contributed by atoms with Gasteiger partial charge in [-0.2, -0.15) is 23.7 Å². The lowest BCUT2D eigenvalue weighted by molar-refractivity contribution is -0.174. The third kappa shape index (κ3) is 4.07. The predicted octanol–water partition coefficient (Wildman–Crippen LogP) is 1.60. The smallest absolute Gasteiger partial charge is 0.372 e. The molecule has 0 unspecified atom stereocenters. The summed E-state index contributed by atoms with van der Waals surface area (Å²) in [6.45, 7) is -1.09. The van der Waals surface area contributed by atoms with Crippen molar-refractivity contribution >= 4 is 0 Å². The van der Waals surface area contributed by atoms with E-state index in [1.807, 2.05) is 6.07 Å². The van der Waals surface area contributed by atoms with Crippen LogP contribution in [0.1, 0.15) is 17.8 Å². The molecule has 0 amide bonds. The average molecular weight is 258 g/mol. The van der Waals surface area contributed by atoms with Crippen LogP contribution in [0.25, 0.3) is 0 Å². The Hall–Kier alpha value is -2.06. The molecule has 8 heteroatoms. The molecule has 18 heavy (non-hydrogen) atoms. The van der Waals surface area contributed by atoms with Gasteiger partial charge in [-0.1, -0.05) is 0 Å². The molecule has 1 rings (SSSR count). The molecule has 0 fully saturated rings. The fourth-order valence-electron chi connectivity index (χ4n) is 1.28. The number of hydrogen-bond donors (Lipinski definition) is 0. The van der Waals surface area contributed by atoms with Crippen LogP contribution in [0.2, 0.25) is 0 Å². The minimum absolute atomic E-state index is 0.00806. The Labute approximate surface area is 101 Å². The Morgan fingerprint density at radius 3 is 2.61 bits per heavy atom. The minimum Gasteiger partial charge on any atom is -0.372 e. The third-order valence-corrected chi connectivity index (χ3v) is 2.00. The van der Waals surface area contributed by atoms with Crippen LogP contribution >= 0.6 is 0 Å². The highest BCUT2D eigenvalue weighted by Crippen LogP contribution is 2.14. The van der Waals surface area contributed by atoms with E-state index in [0.29, 0.717) is 6.42 Å². The molecule has 0 saturated heterocycles. The number of aromatic nitrogens is 2. The Morgan fingerprint density at radius 2 is 2.06 bits per heavy atom. The first-order valence-electron chi connectivity index (χ1n) is 4.97. The maximum atomic E-state index is 11.8. The SMILES string of the molecule is N#Cc1ncn(CCCOCC(F)(F)F)c1C#N. The summed E-state index contributed by atoms with van der Waals surface area (Å²) < 4.78 is 41.1. The minimum atomic E-state index is -4.33. The standard InChI is InChI=1S/C10H9F3N4O/c11-10(12,13)6-18-3-1-2-17-7-16-8(4-14)9(17)5-15/h7H,1-3,6H2. The second kappa shape index (κ2) is 6.03. The quantitative estimate of drug-likeness (QED) is 0.752. The molecule has 0 saturated carbocycles. The Bertz CT molecular complexity index is 481. The molecule has 0 aromatic carbocycles. The van der Waals surface area contributed by atoms with E-state index >= 15 is 0 Å². The summed E-state index contributed by atoms with van der Waals surface area (Å²) in [6.07, 6.45) is -2.73. The topological polar surface area (TPSA) is 74.6 Å². The highest BCUT2D eigenvalue weighted by atomic mass is 19.4. The summed E-state index contributed by atoms with van der Waals surface area (Å²) in [5.74, 6) is 0. The van der Waals surface area contributed by atoms with E-state index in [2.05, 4.69) is 9.72 Å². The van der Waals surface area contributed by atoms with Crippen molar-refractivity contribution < 1.29 is 17.9 Å². The highest BCUT2D eigenvalue weighted by Gasteiger charge is 2.27. The molecule has 0 spiro atoms. The van der Waals surface area contributed by atoms with Crippen LogP contribution in [-0.2, 0) is 11.3 Å². The maximum absolute atomic E-state index is 11.8. The van der Waals surface area contributed by atoms with Crippen LogP contribution in [0.4, 0.5) is 13.2 Å². The average Bonchev–Trinajstić information content (AvgIpc) is 2.69. The molecular formula is C10H9F3N4O. The van der Waals surface area contributed by atoms with Crippen LogP contribution in [0.5, 0.6) is 0 Å². The van der Waals surface area contributed by atoms with Gasteiger partial charge < -0.3 is 9.30 Å². The largest absolute Gasteiger partial charge is 0.411 e. The van der Waals surface area contributed by atoms with Crippen molar-refractivity contribution in [3.63, 3.8) is 0 Å². The van der Waals surface area contributed by atoms with Gasteiger partial charge in [-0.25, -0.2) is 4.98 Å². The van der Waals surface area contributed by atoms with Crippen LogP contribution < -0.4 is 0 Å². The third-order valence-electron chi connectivity index (χ3n) is 2.00. The first kappa shape index (κ1) is 14.0. The molecule has 96 valence electrons. The lowest BCUT2D eigenvalue weighted by Gasteiger charge is -2.07. The van der Waals surface area contributed by atoms with E-state index < -0.39 is 12.8 Å². The summed E-state index contributed by atoms with van der Waals surface area (Å²) in [5.41, 5.74) is 0.113. The number of nitriles is 2. The molecule has 0 aliphatic rings. The number of ether oxygens (including phenoxy) is 1. The van der Waals surface area contributed by atoms with Gasteiger partial charge in [-0.3, -0.25) is 0 Å². The molecule has 1 heterocycles. The monoisotopic (exact) mass is 258 g/mol. The molecule has 0 aliphatic heterocycles. The molecule has 0 bridgehead atoms. The summed E-state index contributed by atoms with van der Waals surface area (Å²) >= 11 is 0. The number of hydrogen-bond acceptors (Lipinski definition) is 4. The van der Waals surface area contributed by atoms with Crippen molar-refractivity contribution in [2.45, 2.75) is 19.1 Å². The molecular weight excluding hydrogens is 249 g/mol. The lowest BCUT2D eigenvalue weighted by Crippen LogP contribution is -2.17. The van der Waals surface area contributed by atoms with E-state index in [4.69, 9.17) is 10.5 Å². The zero-order valence-electron chi connectivity index (χ0n) is 9.24. The number of nitrogens with zero attached hydrogens (tertiary/aromatic N) is 4. The van der Waals surface area contributed by atoms with Crippen molar-refractivity contribution in [3.05, 3.63) is 17.7 Å². The second-order valence-electron chi connectivity index (χ2n) is 3.38. The van der Waals surface area contributed by atoms with Crippen molar-refractivity contribution in [2.75, 3.05) is 13.2 Å². The zero-order valence-corrected chi connectivity index (χ0v) is 9.24. The van der Waals surface area contributed by atoms with Crippen molar-refractivity contribution in [1.29, 1.82) is 10.5 Å². The summed E-state index contributed by atoms with van der Waals surface area (Å²) in [5, 5.41) is 17.4. The summed E-state index contributed by atoms with van der Waals surface area (Å²) in [4.78, 5) is 3.70. The van der Waals surface area contributed by atoms with Gasteiger partial charge in [-0.05, 0) is 6.42 Å². The zero-order chi connectivity index (χ0) is 13.6. The Kier molecular flexibility index (Phi) is 4.69. The van der Waals surface area contributed by atoms with E-state index in [9.17, 15) is 13.2 Å². The second-order valence-corrected chi connectivity index (χ2v) is 3.38. The van der Waals surface area contributed by atoms with Gasteiger partial charge in [0.2, 0.25) is 0 Å². The Balaban J connectivity index is 2.39. The number of alkyl halides is 3. The normalized spacial score (nSPS) is 10.9. The van der Waals surface area contributed by atoms with Gasteiger partial charge in [0.1, 0.15) is 18.7 Å². The van der Waals surface area contributed by atoms with Gasteiger partial charge in [-0.15, -0.1) is 0 Å². The fourth-order valence-corrected chi connectivity index (χ4v) is 1.28. The maximum Gasteiger partial charge on any atom is 0.411 e. The van der Waals surface area contributed by atoms with Crippen molar-refractivity contribution in [1.82, 2.24) is 9.55 Å². The van der Waals surface area contributed by atoms with Crippen LogP contribution in [0, 0.1) is 22.7 Å². The predicted molar refractivity (Wildman–Crippen MR) is 53.1 cm³/mol. The Morgan fingerprint density at radius 1 is 1.33 bits per heavy atom. The van der Waals surface area contributed by atoms with Gasteiger partial charge in [0.05, 0.1) is 6.33 Å². The van der Waals surface area contributed by atoms with E-state index in [0.717, 1.165) is 0 Å². The van der Waals surface area contributed by atoms with Crippen LogP contribution in [0.3, 0.4) is 0 Å². The molecule has 0 atom stereocenters. The first-order chi connectivity index (χ1) is 8.48. The number of halogens is 3. The van der Waals surface area contributed by atoms with Crippen molar-refractivity contribution in [3.8, 4) is 12.1 Å². The van der Waals surface area contributed by atoms with Crippen LogP contribution in [0.15, 0.2) is 6.33 Å². The van der Waals surface area contributed by atoms with Gasteiger partial charge in [0.15, 0.2) is 11.4 Å². The molecule has 5 nitrogen and oxygen atoms in total. The first-order valence-corrected chi connectivity index (χ1v) is 4.97. The van der Waals surface area contributed by atoms with Gasteiger partial charge in [0.25, 0.3) is 0 Å². The van der Waals surface area contributed by atoms with E-state index in [1.54, 1.807) is 6.07 Å². The molecule has 0 N–H and O–H groups in total. The molecule has 1 aromatic heterocycles. The lowest BCUT2D eigenvalue weighted by atomic mass is 10.3. The fraction of sp³-hybridized carbons (Fsp3) is 0.500. The van der Waals surface area contributed by atoms with E-state index in [-0.39, 0.29) is 24.5 Å².